The topological polar surface area (TPSA) is 108 Å². The van der Waals surface area contributed by atoms with Crippen LogP contribution in [0.15, 0.2) is 12.3 Å². The summed E-state index contributed by atoms with van der Waals surface area (Å²) in [7, 11) is 0. The molecule has 2 fully saturated rings. The number of hydrogen-bond donors (Lipinski definition) is 2. The summed E-state index contributed by atoms with van der Waals surface area (Å²) in [5, 5.41) is 6.57. The normalized spacial score (nSPS) is 18.8. The van der Waals surface area contributed by atoms with Gasteiger partial charge in [-0.1, -0.05) is 6.92 Å². The minimum Gasteiger partial charge on any atom is -0.368 e. The number of carbonyl (C=O) groups is 3. The number of rotatable bonds is 7. The Kier molecular flexibility index (Phi) is 7.39. The summed E-state index contributed by atoms with van der Waals surface area (Å²) in [5.74, 6) is 0.310. The molecule has 0 bridgehead atoms. The van der Waals surface area contributed by atoms with Gasteiger partial charge in [-0.05, 0) is 51.7 Å². The Morgan fingerprint density at radius 1 is 1.29 bits per heavy atom. The van der Waals surface area contributed by atoms with Crippen molar-refractivity contribution in [2.24, 2.45) is 0 Å². The standard InChI is InChI=1S/C25H34N6O3S/c1-6-15(3)27-20-10-14(2)19(11-26-20)22-21(25(34)31-9-7-8-16(31)4)29-24(35-22)23(33)28-18-12-30(13-18)17(5)32/h10-11,15-16,18H,6-9,12-13H2,1-5H3,(H,26,27)(H,28,33)/t15-,16+/m1/s1. The van der Waals surface area contributed by atoms with Crippen LogP contribution in [0, 0.1) is 6.92 Å². The van der Waals surface area contributed by atoms with Crippen molar-refractivity contribution >= 4 is 34.9 Å². The van der Waals surface area contributed by atoms with Crippen LogP contribution in [0.1, 0.15) is 72.8 Å². The first kappa shape index (κ1) is 25.1. The van der Waals surface area contributed by atoms with E-state index in [9.17, 15) is 14.4 Å². The highest BCUT2D eigenvalue weighted by molar-refractivity contribution is 7.17. The Morgan fingerprint density at radius 2 is 2.03 bits per heavy atom. The molecule has 0 spiro atoms. The number of aromatic nitrogens is 2. The molecule has 2 N–H and O–H groups in total. The van der Waals surface area contributed by atoms with Crippen molar-refractivity contribution in [3.05, 3.63) is 28.5 Å². The second kappa shape index (κ2) is 10.3. The molecule has 2 aromatic heterocycles. The van der Waals surface area contributed by atoms with Gasteiger partial charge in [0.2, 0.25) is 5.91 Å². The van der Waals surface area contributed by atoms with Gasteiger partial charge >= 0.3 is 0 Å². The van der Waals surface area contributed by atoms with Crippen molar-refractivity contribution in [1.29, 1.82) is 0 Å². The predicted molar refractivity (Wildman–Crippen MR) is 137 cm³/mol. The van der Waals surface area contributed by atoms with Crippen LogP contribution in [0.5, 0.6) is 0 Å². The molecule has 2 aromatic rings. The highest BCUT2D eigenvalue weighted by Crippen LogP contribution is 2.35. The highest BCUT2D eigenvalue weighted by atomic mass is 32.1. The van der Waals surface area contributed by atoms with Crippen LogP contribution in [0.3, 0.4) is 0 Å². The molecule has 3 amide bonds. The fraction of sp³-hybridized carbons (Fsp3) is 0.560. The molecule has 2 saturated heterocycles. The molecular formula is C25H34N6O3S. The second-order valence-electron chi connectivity index (χ2n) is 9.62. The molecular weight excluding hydrogens is 464 g/mol. The summed E-state index contributed by atoms with van der Waals surface area (Å²) in [4.78, 5) is 51.3. The molecule has 2 aliphatic rings. The van der Waals surface area contributed by atoms with Gasteiger partial charge in [-0.2, -0.15) is 0 Å². The zero-order valence-corrected chi connectivity index (χ0v) is 21.9. The van der Waals surface area contributed by atoms with Crippen molar-refractivity contribution < 1.29 is 14.4 Å². The Morgan fingerprint density at radius 3 is 2.63 bits per heavy atom. The molecule has 35 heavy (non-hydrogen) atoms. The number of likely N-dealkylation sites (tertiary alicyclic amines) is 2. The van der Waals surface area contributed by atoms with E-state index >= 15 is 0 Å². The van der Waals surface area contributed by atoms with E-state index in [2.05, 4.69) is 34.4 Å². The van der Waals surface area contributed by atoms with E-state index in [4.69, 9.17) is 0 Å². The Balaban J connectivity index is 1.63. The number of nitrogens with zero attached hydrogens (tertiary/aromatic N) is 4. The zero-order chi connectivity index (χ0) is 25.3. The number of carbonyl (C=O) groups excluding carboxylic acids is 3. The Labute approximate surface area is 210 Å². The fourth-order valence-corrected chi connectivity index (χ4v) is 5.45. The number of thiazole rings is 1. The summed E-state index contributed by atoms with van der Waals surface area (Å²) in [6.07, 6.45) is 4.66. The molecule has 2 atom stereocenters. The molecule has 10 heteroatoms. The Hall–Kier alpha value is -3.01. The Bertz CT molecular complexity index is 1130. The van der Waals surface area contributed by atoms with Crippen molar-refractivity contribution in [2.75, 3.05) is 25.0 Å². The third-order valence-electron chi connectivity index (χ3n) is 6.86. The number of aryl methyl sites for hydroxylation is 1. The highest BCUT2D eigenvalue weighted by Gasteiger charge is 2.34. The summed E-state index contributed by atoms with van der Waals surface area (Å²) < 4.78 is 0. The van der Waals surface area contributed by atoms with Crippen molar-refractivity contribution in [3.63, 3.8) is 0 Å². The molecule has 4 heterocycles. The first-order chi connectivity index (χ1) is 16.7. The van der Waals surface area contributed by atoms with E-state index in [0.717, 1.165) is 36.2 Å². The monoisotopic (exact) mass is 498 g/mol. The molecule has 0 aliphatic carbocycles. The number of amides is 3. The van der Waals surface area contributed by atoms with E-state index < -0.39 is 0 Å². The molecule has 2 aliphatic heterocycles. The molecule has 0 saturated carbocycles. The maximum atomic E-state index is 13.5. The van der Waals surface area contributed by atoms with Crippen LogP contribution in [-0.2, 0) is 4.79 Å². The quantitative estimate of drug-likeness (QED) is 0.607. The van der Waals surface area contributed by atoms with E-state index in [-0.39, 0.29) is 34.8 Å². The molecule has 0 radical (unpaired) electrons. The predicted octanol–water partition coefficient (Wildman–Crippen LogP) is 3.31. The molecule has 0 unspecified atom stereocenters. The molecule has 9 nitrogen and oxygen atoms in total. The smallest absolute Gasteiger partial charge is 0.280 e. The lowest BCUT2D eigenvalue weighted by Crippen LogP contribution is -2.60. The van der Waals surface area contributed by atoms with Crippen molar-refractivity contribution in [2.45, 2.75) is 72.0 Å². The minimum atomic E-state index is -0.321. The summed E-state index contributed by atoms with van der Waals surface area (Å²) in [6.45, 7) is 11.4. The van der Waals surface area contributed by atoms with Gasteiger partial charge in [-0.25, -0.2) is 9.97 Å². The van der Waals surface area contributed by atoms with Gasteiger partial charge < -0.3 is 20.4 Å². The van der Waals surface area contributed by atoms with Crippen LogP contribution >= 0.6 is 11.3 Å². The van der Waals surface area contributed by atoms with E-state index in [0.29, 0.717) is 36.2 Å². The van der Waals surface area contributed by atoms with Gasteiger partial charge in [0.25, 0.3) is 11.8 Å². The van der Waals surface area contributed by atoms with E-state index in [1.807, 2.05) is 24.8 Å². The van der Waals surface area contributed by atoms with Crippen molar-refractivity contribution in [1.82, 2.24) is 25.1 Å². The van der Waals surface area contributed by atoms with Gasteiger partial charge in [0.1, 0.15) is 11.5 Å². The van der Waals surface area contributed by atoms with Gasteiger partial charge in [-0.15, -0.1) is 11.3 Å². The van der Waals surface area contributed by atoms with Gasteiger partial charge in [0, 0.05) is 50.4 Å². The molecule has 4 rings (SSSR count). The number of hydrogen-bond acceptors (Lipinski definition) is 7. The third kappa shape index (κ3) is 5.32. The lowest BCUT2D eigenvalue weighted by Gasteiger charge is -2.38. The molecule has 0 aromatic carbocycles. The van der Waals surface area contributed by atoms with Gasteiger partial charge in [0.05, 0.1) is 10.9 Å². The second-order valence-corrected chi connectivity index (χ2v) is 10.6. The van der Waals surface area contributed by atoms with Gasteiger partial charge in [-0.3, -0.25) is 14.4 Å². The van der Waals surface area contributed by atoms with E-state index in [1.165, 1.54) is 18.3 Å². The van der Waals surface area contributed by atoms with E-state index in [1.54, 1.807) is 11.1 Å². The number of nitrogens with one attached hydrogen (secondary N) is 2. The van der Waals surface area contributed by atoms with Crippen LogP contribution in [0.2, 0.25) is 0 Å². The lowest BCUT2D eigenvalue weighted by atomic mass is 10.1. The first-order valence-electron chi connectivity index (χ1n) is 12.3. The zero-order valence-electron chi connectivity index (χ0n) is 21.1. The largest absolute Gasteiger partial charge is 0.368 e. The average molecular weight is 499 g/mol. The van der Waals surface area contributed by atoms with Crippen molar-refractivity contribution in [3.8, 4) is 10.4 Å². The summed E-state index contributed by atoms with van der Waals surface area (Å²) in [6, 6.07) is 2.30. The number of pyridine rings is 1. The first-order valence-corrected chi connectivity index (χ1v) is 13.1. The maximum Gasteiger partial charge on any atom is 0.280 e. The lowest BCUT2D eigenvalue weighted by molar-refractivity contribution is -0.133. The summed E-state index contributed by atoms with van der Waals surface area (Å²) >= 11 is 1.22. The van der Waals surface area contributed by atoms with Gasteiger partial charge in [0.15, 0.2) is 5.01 Å². The number of anilines is 1. The summed E-state index contributed by atoms with van der Waals surface area (Å²) in [5.41, 5.74) is 2.07. The van der Waals surface area contributed by atoms with Crippen LogP contribution < -0.4 is 10.6 Å². The maximum absolute atomic E-state index is 13.5. The van der Waals surface area contributed by atoms with Crippen LogP contribution in [0.4, 0.5) is 5.82 Å². The third-order valence-corrected chi connectivity index (χ3v) is 7.95. The average Bonchev–Trinajstić information content (AvgIpc) is 3.41. The van der Waals surface area contributed by atoms with Crippen LogP contribution in [0.25, 0.3) is 10.4 Å². The SMILES string of the molecule is CC[C@@H](C)Nc1cc(C)c(-c2sc(C(=O)NC3CN(C(C)=O)C3)nc2C(=O)N2CCC[C@@H]2C)cn1. The minimum absolute atomic E-state index is 0.00566. The van der Waals surface area contributed by atoms with Crippen LogP contribution in [-0.4, -0.2) is 75.2 Å². The fourth-order valence-electron chi connectivity index (χ4n) is 4.42. The molecule has 188 valence electrons.